The lowest BCUT2D eigenvalue weighted by molar-refractivity contribution is 0.0367. The van der Waals surface area contributed by atoms with Gasteiger partial charge in [-0.15, -0.1) is 0 Å². The molecule has 0 radical (unpaired) electrons. The third-order valence-electron chi connectivity index (χ3n) is 2.32. The predicted molar refractivity (Wildman–Crippen MR) is 56.9 cm³/mol. The van der Waals surface area contributed by atoms with E-state index in [0.29, 0.717) is 13.2 Å². The molecule has 2 atom stereocenters. The zero-order valence-electron chi connectivity index (χ0n) is 8.81. The van der Waals surface area contributed by atoms with Crippen molar-refractivity contribution in [2.45, 2.75) is 26.6 Å². The minimum atomic E-state index is -0.300. The van der Waals surface area contributed by atoms with Gasteiger partial charge in [0.1, 0.15) is 0 Å². The lowest BCUT2D eigenvalue weighted by Gasteiger charge is -2.14. The highest BCUT2D eigenvalue weighted by atomic mass is 16.5. The topological polar surface area (TPSA) is 29.5 Å². The van der Waals surface area contributed by atoms with Crippen LogP contribution in [-0.2, 0) is 11.3 Å². The molecule has 1 N–H and O–H groups in total. The molecular weight excluding hydrogens is 176 g/mol. The lowest BCUT2D eigenvalue weighted by Crippen LogP contribution is -2.18. The second kappa shape index (κ2) is 5.78. The van der Waals surface area contributed by atoms with Crippen molar-refractivity contribution in [1.29, 1.82) is 0 Å². The van der Waals surface area contributed by atoms with Gasteiger partial charge in [-0.2, -0.15) is 0 Å². The highest BCUT2D eigenvalue weighted by Gasteiger charge is 2.08. The lowest BCUT2D eigenvalue weighted by atomic mass is 10.1. The summed E-state index contributed by atoms with van der Waals surface area (Å²) in [6.07, 6.45) is -0.300. The summed E-state index contributed by atoms with van der Waals surface area (Å²) in [5, 5.41) is 9.24. The third-order valence-corrected chi connectivity index (χ3v) is 2.32. The van der Waals surface area contributed by atoms with Crippen LogP contribution in [0.15, 0.2) is 30.3 Å². The zero-order chi connectivity index (χ0) is 10.4. The molecule has 0 aliphatic rings. The molecule has 0 aromatic heterocycles. The van der Waals surface area contributed by atoms with Crippen molar-refractivity contribution in [2.75, 3.05) is 6.61 Å². The number of rotatable bonds is 5. The van der Waals surface area contributed by atoms with E-state index in [1.54, 1.807) is 6.92 Å². The Hall–Kier alpha value is -0.860. The maximum atomic E-state index is 9.24. The first-order valence-corrected chi connectivity index (χ1v) is 5.00. The molecule has 2 nitrogen and oxygen atoms in total. The maximum absolute atomic E-state index is 9.24. The Balaban J connectivity index is 2.22. The van der Waals surface area contributed by atoms with E-state index in [1.807, 2.05) is 37.3 Å². The molecule has 2 heteroatoms. The van der Waals surface area contributed by atoms with Crippen LogP contribution in [0.3, 0.4) is 0 Å². The summed E-state index contributed by atoms with van der Waals surface area (Å²) < 4.78 is 5.48. The Morgan fingerprint density at radius 3 is 2.43 bits per heavy atom. The Morgan fingerprint density at radius 2 is 1.86 bits per heavy atom. The second-order valence-corrected chi connectivity index (χ2v) is 3.72. The van der Waals surface area contributed by atoms with Crippen LogP contribution in [0.25, 0.3) is 0 Å². The second-order valence-electron chi connectivity index (χ2n) is 3.72. The van der Waals surface area contributed by atoms with E-state index >= 15 is 0 Å². The van der Waals surface area contributed by atoms with Crippen LogP contribution >= 0.6 is 0 Å². The number of aliphatic hydroxyl groups excluding tert-OH is 1. The van der Waals surface area contributed by atoms with Gasteiger partial charge >= 0.3 is 0 Å². The van der Waals surface area contributed by atoms with Crippen LogP contribution in [0.2, 0.25) is 0 Å². The van der Waals surface area contributed by atoms with Gasteiger partial charge in [-0.1, -0.05) is 37.3 Å². The summed E-state index contributed by atoms with van der Waals surface area (Å²) in [6.45, 7) is 5.00. The average molecular weight is 194 g/mol. The summed E-state index contributed by atoms with van der Waals surface area (Å²) in [5.74, 6) is 0.193. The highest BCUT2D eigenvalue weighted by molar-refractivity contribution is 5.13. The van der Waals surface area contributed by atoms with Crippen LogP contribution < -0.4 is 0 Å². The molecule has 1 aromatic carbocycles. The minimum Gasteiger partial charge on any atom is -0.393 e. The van der Waals surface area contributed by atoms with Crippen molar-refractivity contribution >= 4 is 0 Å². The standard InChI is InChI=1S/C12H18O2/c1-10(11(2)13)8-14-9-12-6-4-3-5-7-12/h3-7,10-11,13H,8-9H2,1-2H3/t10-,11+/m1/s1. The first-order valence-electron chi connectivity index (χ1n) is 5.00. The van der Waals surface area contributed by atoms with E-state index < -0.39 is 0 Å². The van der Waals surface area contributed by atoms with E-state index in [-0.39, 0.29) is 12.0 Å². The van der Waals surface area contributed by atoms with Crippen LogP contribution in [0.5, 0.6) is 0 Å². The fraction of sp³-hybridized carbons (Fsp3) is 0.500. The first kappa shape index (κ1) is 11.2. The molecule has 1 aromatic rings. The Kier molecular flexibility index (Phi) is 4.63. The third kappa shape index (κ3) is 3.90. The number of hydrogen-bond donors (Lipinski definition) is 1. The number of hydrogen-bond acceptors (Lipinski definition) is 2. The minimum absolute atomic E-state index is 0.193. The maximum Gasteiger partial charge on any atom is 0.0717 e. The monoisotopic (exact) mass is 194 g/mol. The molecule has 0 aliphatic carbocycles. The SMILES string of the molecule is C[C@H](O)[C@H](C)COCc1ccccc1. The molecule has 0 amide bonds. The van der Waals surface area contributed by atoms with E-state index in [9.17, 15) is 5.11 Å². The number of aliphatic hydroxyl groups is 1. The summed E-state index contributed by atoms with van der Waals surface area (Å²) >= 11 is 0. The molecule has 0 unspecified atom stereocenters. The zero-order valence-corrected chi connectivity index (χ0v) is 8.81. The van der Waals surface area contributed by atoms with Crippen molar-refractivity contribution in [3.8, 4) is 0 Å². The van der Waals surface area contributed by atoms with Gasteiger partial charge in [-0.25, -0.2) is 0 Å². The van der Waals surface area contributed by atoms with Crippen LogP contribution in [0.1, 0.15) is 19.4 Å². The first-order chi connectivity index (χ1) is 6.70. The van der Waals surface area contributed by atoms with Crippen molar-refractivity contribution in [2.24, 2.45) is 5.92 Å². The van der Waals surface area contributed by atoms with Crippen LogP contribution in [0, 0.1) is 5.92 Å². The molecule has 0 saturated carbocycles. The van der Waals surface area contributed by atoms with Gasteiger partial charge in [0.15, 0.2) is 0 Å². The van der Waals surface area contributed by atoms with Crippen LogP contribution in [0.4, 0.5) is 0 Å². The van der Waals surface area contributed by atoms with Crippen molar-refractivity contribution in [3.05, 3.63) is 35.9 Å². The molecule has 0 fully saturated rings. The molecule has 78 valence electrons. The molecule has 0 saturated heterocycles. The molecule has 1 rings (SSSR count). The fourth-order valence-corrected chi connectivity index (χ4v) is 1.08. The van der Waals surface area contributed by atoms with Gasteiger partial charge < -0.3 is 9.84 Å². The smallest absolute Gasteiger partial charge is 0.0717 e. The summed E-state index contributed by atoms with van der Waals surface area (Å²) in [5.41, 5.74) is 1.17. The van der Waals surface area contributed by atoms with Gasteiger partial charge in [0, 0.05) is 5.92 Å². The van der Waals surface area contributed by atoms with Gasteiger partial charge in [-0.3, -0.25) is 0 Å². The number of ether oxygens (including phenoxy) is 1. The molecule has 0 spiro atoms. The highest BCUT2D eigenvalue weighted by Crippen LogP contribution is 2.05. The summed E-state index contributed by atoms with van der Waals surface area (Å²) in [6, 6.07) is 10.1. The molecule has 14 heavy (non-hydrogen) atoms. The van der Waals surface area contributed by atoms with Gasteiger partial charge in [-0.05, 0) is 12.5 Å². The molecule has 0 heterocycles. The van der Waals surface area contributed by atoms with Crippen molar-refractivity contribution in [1.82, 2.24) is 0 Å². The Morgan fingerprint density at radius 1 is 1.21 bits per heavy atom. The van der Waals surface area contributed by atoms with E-state index in [4.69, 9.17) is 4.74 Å². The molecule has 0 bridgehead atoms. The van der Waals surface area contributed by atoms with Crippen molar-refractivity contribution in [3.63, 3.8) is 0 Å². The average Bonchev–Trinajstić information content (AvgIpc) is 2.19. The predicted octanol–water partition coefficient (Wildman–Crippen LogP) is 2.22. The van der Waals surface area contributed by atoms with Gasteiger partial charge in [0.05, 0.1) is 19.3 Å². The Bertz CT molecular complexity index is 244. The summed E-state index contributed by atoms with van der Waals surface area (Å²) in [4.78, 5) is 0. The Labute approximate surface area is 85.5 Å². The van der Waals surface area contributed by atoms with E-state index in [0.717, 1.165) is 0 Å². The number of benzene rings is 1. The van der Waals surface area contributed by atoms with Crippen LogP contribution in [-0.4, -0.2) is 17.8 Å². The fourth-order valence-electron chi connectivity index (χ4n) is 1.08. The quantitative estimate of drug-likeness (QED) is 0.778. The largest absolute Gasteiger partial charge is 0.393 e. The van der Waals surface area contributed by atoms with Gasteiger partial charge in [0.2, 0.25) is 0 Å². The van der Waals surface area contributed by atoms with Crippen molar-refractivity contribution < 1.29 is 9.84 Å². The molecule has 0 aliphatic heterocycles. The summed E-state index contributed by atoms with van der Waals surface area (Å²) in [7, 11) is 0. The van der Waals surface area contributed by atoms with E-state index in [1.165, 1.54) is 5.56 Å². The van der Waals surface area contributed by atoms with E-state index in [2.05, 4.69) is 0 Å². The normalized spacial score (nSPS) is 15.1. The molecular formula is C12H18O2. The van der Waals surface area contributed by atoms with Gasteiger partial charge in [0.25, 0.3) is 0 Å².